The number of ether oxygens (including phenoxy) is 3. The summed E-state index contributed by atoms with van der Waals surface area (Å²) in [5.74, 6) is 3.10. The first kappa shape index (κ1) is 25.6. The monoisotopic (exact) mass is 483 g/mol. The quantitative estimate of drug-likeness (QED) is 0.369. The third-order valence-corrected chi connectivity index (χ3v) is 6.73. The first-order valence-electron chi connectivity index (χ1n) is 11.1. The average molecular weight is 484 g/mol. The van der Waals surface area contributed by atoms with E-state index < -0.39 is 0 Å². The highest BCUT2D eigenvalue weighted by Crippen LogP contribution is 2.34. The highest BCUT2D eigenvalue weighted by atomic mass is 32.2. The van der Waals surface area contributed by atoms with Crippen LogP contribution in [0.2, 0.25) is 0 Å². The first-order valence-corrected chi connectivity index (χ1v) is 12.0. The van der Waals surface area contributed by atoms with Gasteiger partial charge in [0.1, 0.15) is 23.0 Å². The van der Waals surface area contributed by atoms with Gasteiger partial charge >= 0.3 is 0 Å². The van der Waals surface area contributed by atoms with E-state index in [1.165, 1.54) is 16.0 Å². The largest absolute Gasteiger partial charge is 0.496 e. The summed E-state index contributed by atoms with van der Waals surface area (Å²) < 4.78 is 22.0. The Bertz CT molecular complexity index is 1120. The molecule has 1 N–H and O–H groups in total. The number of nitrogens with one attached hydrogen (secondary N) is 1. The molecule has 0 spiro atoms. The average Bonchev–Trinajstić information content (AvgIpc) is 3.29. The summed E-state index contributed by atoms with van der Waals surface area (Å²) in [5.41, 5.74) is 3.33. The molecule has 0 bridgehead atoms. The predicted octanol–water partition coefficient (Wildman–Crippen LogP) is 6.13. The number of hydrogen-bond acceptors (Lipinski definition) is 6. The normalized spacial score (nSPS) is 11.3. The van der Waals surface area contributed by atoms with Crippen molar-refractivity contribution in [3.05, 3.63) is 70.7 Å². The molecule has 0 aliphatic rings. The van der Waals surface area contributed by atoms with Gasteiger partial charge in [0.05, 0.1) is 39.2 Å². The van der Waals surface area contributed by atoms with Gasteiger partial charge < -0.3 is 23.9 Å². The van der Waals surface area contributed by atoms with Gasteiger partial charge in [-0.3, -0.25) is 4.79 Å². The molecule has 34 heavy (non-hydrogen) atoms. The molecule has 1 amide bonds. The van der Waals surface area contributed by atoms with Crippen molar-refractivity contribution in [1.82, 2.24) is 5.32 Å². The Labute approximate surface area is 206 Å². The molecule has 182 valence electrons. The fourth-order valence-electron chi connectivity index (χ4n) is 3.46. The number of aryl methyl sites for hydroxylation is 1. The molecule has 0 atom stereocenters. The van der Waals surface area contributed by atoms with Gasteiger partial charge in [0.25, 0.3) is 5.91 Å². The number of methoxy groups -OCH3 is 3. The van der Waals surface area contributed by atoms with Crippen LogP contribution in [0.4, 0.5) is 0 Å². The fraction of sp³-hybridized carbons (Fsp3) is 0.370. The van der Waals surface area contributed by atoms with Crippen molar-refractivity contribution in [2.45, 2.75) is 50.3 Å². The summed E-state index contributed by atoms with van der Waals surface area (Å²) in [7, 11) is 4.70. The fourth-order valence-corrected chi connectivity index (χ4v) is 4.42. The number of benzene rings is 2. The molecule has 3 rings (SSSR count). The minimum Gasteiger partial charge on any atom is -0.496 e. The van der Waals surface area contributed by atoms with Crippen molar-refractivity contribution in [2.75, 3.05) is 21.3 Å². The first-order chi connectivity index (χ1) is 16.2. The maximum Gasteiger partial charge on any atom is 0.287 e. The standard InChI is InChI=1S/C27H33NO5S/c1-17-8-9-18(27(2,3)4)12-25(17)34-16-19-10-11-22(33-19)26(29)28-15-21-23(31-6)13-20(30-5)14-24(21)32-7/h8-14H,15-16H2,1-7H3,(H,28,29). The van der Waals surface area contributed by atoms with Gasteiger partial charge in [0, 0.05) is 17.0 Å². The number of carbonyl (C=O) groups is 1. The van der Waals surface area contributed by atoms with E-state index in [0.29, 0.717) is 23.0 Å². The number of rotatable bonds is 9. The lowest BCUT2D eigenvalue weighted by Gasteiger charge is -2.20. The number of thioether (sulfide) groups is 1. The Balaban J connectivity index is 1.66. The van der Waals surface area contributed by atoms with Crippen LogP contribution in [0.25, 0.3) is 0 Å². The Morgan fingerprint density at radius 1 is 0.971 bits per heavy atom. The van der Waals surface area contributed by atoms with E-state index in [-0.39, 0.29) is 23.6 Å². The lowest BCUT2D eigenvalue weighted by molar-refractivity contribution is 0.0921. The smallest absolute Gasteiger partial charge is 0.287 e. The molecule has 0 aliphatic carbocycles. The topological polar surface area (TPSA) is 69.9 Å². The minimum atomic E-state index is -0.304. The summed E-state index contributed by atoms with van der Waals surface area (Å²) >= 11 is 1.71. The highest BCUT2D eigenvalue weighted by Gasteiger charge is 2.18. The van der Waals surface area contributed by atoms with Crippen molar-refractivity contribution >= 4 is 17.7 Å². The van der Waals surface area contributed by atoms with Crippen LogP contribution in [0.5, 0.6) is 17.2 Å². The van der Waals surface area contributed by atoms with Gasteiger partial charge in [-0.25, -0.2) is 0 Å². The van der Waals surface area contributed by atoms with Gasteiger partial charge in [-0.1, -0.05) is 32.9 Å². The summed E-state index contributed by atoms with van der Waals surface area (Å²) in [6.07, 6.45) is 0. The second-order valence-electron chi connectivity index (χ2n) is 8.98. The Hall–Kier alpha value is -3.06. The second-order valence-corrected chi connectivity index (χ2v) is 10.00. The third-order valence-electron chi connectivity index (χ3n) is 5.55. The van der Waals surface area contributed by atoms with Crippen LogP contribution >= 0.6 is 11.8 Å². The molecule has 0 saturated carbocycles. The molecule has 0 aliphatic heterocycles. The van der Waals surface area contributed by atoms with E-state index in [2.05, 4.69) is 51.2 Å². The number of hydrogen-bond donors (Lipinski definition) is 1. The molecule has 1 heterocycles. The second kappa shape index (κ2) is 10.9. The van der Waals surface area contributed by atoms with Crippen LogP contribution in [0.3, 0.4) is 0 Å². The molecular weight excluding hydrogens is 450 g/mol. The van der Waals surface area contributed by atoms with Crippen molar-refractivity contribution in [3.8, 4) is 17.2 Å². The van der Waals surface area contributed by atoms with Gasteiger partial charge in [-0.05, 0) is 41.7 Å². The number of carbonyl (C=O) groups excluding carboxylic acids is 1. The number of amides is 1. The zero-order valence-corrected chi connectivity index (χ0v) is 21.7. The summed E-state index contributed by atoms with van der Waals surface area (Å²) in [6.45, 7) is 8.96. The summed E-state index contributed by atoms with van der Waals surface area (Å²) in [6, 6.07) is 13.6. The Morgan fingerprint density at radius 3 is 2.24 bits per heavy atom. The summed E-state index contributed by atoms with van der Waals surface area (Å²) in [4.78, 5) is 13.9. The van der Waals surface area contributed by atoms with Crippen LogP contribution in [0.1, 0.15) is 53.8 Å². The molecule has 6 nitrogen and oxygen atoms in total. The number of furan rings is 1. The van der Waals surface area contributed by atoms with Gasteiger partial charge in [-0.15, -0.1) is 11.8 Å². The maximum atomic E-state index is 12.7. The molecule has 0 radical (unpaired) electrons. The van der Waals surface area contributed by atoms with Crippen molar-refractivity contribution < 1.29 is 23.4 Å². The zero-order valence-electron chi connectivity index (χ0n) is 20.9. The Morgan fingerprint density at radius 2 is 1.65 bits per heavy atom. The summed E-state index contributed by atoms with van der Waals surface area (Å²) in [5, 5.41) is 2.88. The third kappa shape index (κ3) is 6.08. The maximum absolute atomic E-state index is 12.7. The van der Waals surface area contributed by atoms with Gasteiger partial charge in [0.15, 0.2) is 5.76 Å². The van der Waals surface area contributed by atoms with E-state index in [1.54, 1.807) is 51.3 Å². The van der Waals surface area contributed by atoms with Crippen LogP contribution in [-0.4, -0.2) is 27.2 Å². The predicted molar refractivity (Wildman–Crippen MR) is 135 cm³/mol. The molecular formula is C27H33NO5S. The lowest BCUT2D eigenvalue weighted by Crippen LogP contribution is -2.23. The van der Waals surface area contributed by atoms with Crippen molar-refractivity contribution in [2.24, 2.45) is 0 Å². The van der Waals surface area contributed by atoms with E-state index >= 15 is 0 Å². The molecule has 0 fully saturated rings. The van der Waals surface area contributed by atoms with Crippen molar-refractivity contribution in [3.63, 3.8) is 0 Å². The van der Waals surface area contributed by atoms with Crippen LogP contribution in [0.15, 0.2) is 51.8 Å². The molecule has 0 unspecified atom stereocenters. The van der Waals surface area contributed by atoms with E-state index in [9.17, 15) is 4.79 Å². The molecule has 2 aromatic carbocycles. The van der Waals surface area contributed by atoms with E-state index in [4.69, 9.17) is 18.6 Å². The van der Waals surface area contributed by atoms with Crippen molar-refractivity contribution in [1.29, 1.82) is 0 Å². The van der Waals surface area contributed by atoms with Crippen LogP contribution < -0.4 is 19.5 Å². The molecule has 3 aromatic rings. The molecule has 0 saturated heterocycles. The van der Waals surface area contributed by atoms with Crippen LogP contribution in [0, 0.1) is 6.92 Å². The Kier molecular flexibility index (Phi) is 8.20. The highest BCUT2D eigenvalue weighted by molar-refractivity contribution is 7.98. The van der Waals surface area contributed by atoms with Gasteiger partial charge in [-0.2, -0.15) is 0 Å². The van der Waals surface area contributed by atoms with Gasteiger partial charge in [0.2, 0.25) is 0 Å². The minimum absolute atomic E-state index is 0.0915. The van der Waals surface area contributed by atoms with E-state index in [1.807, 2.05) is 6.07 Å². The van der Waals surface area contributed by atoms with E-state index in [0.717, 1.165) is 11.3 Å². The SMILES string of the molecule is COc1cc(OC)c(CNC(=O)c2ccc(CSc3cc(C(C)(C)C)ccc3C)o2)c(OC)c1. The zero-order chi connectivity index (χ0) is 24.9. The van der Waals surface area contributed by atoms with Crippen LogP contribution in [-0.2, 0) is 17.7 Å². The lowest BCUT2D eigenvalue weighted by atomic mass is 9.87. The molecule has 7 heteroatoms. The molecule has 1 aromatic heterocycles.